The summed E-state index contributed by atoms with van der Waals surface area (Å²) in [6.07, 6.45) is 6.52. The second-order valence-electron chi connectivity index (χ2n) is 8.60. The van der Waals surface area contributed by atoms with Gasteiger partial charge in [0.1, 0.15) is 6.07 Å². The fourth-order valence-corrected chi connectivity index (χ4v) is 4.68. The predicted molar refractivity (Wildman–Crippen MR) is 145 cm³/mol. The van der Waals surface area contributed by atoms with E-state index >= 15 is 0 Å². The molecule has 0 aliphatic heterocycles. The Balaban J connectivity index is 1.55. The fourth-order valence-electron chi connectivity index (χ4n) is 4.59. The number of allylic oxidation sites excluding steroid dienone is 1. The lowest BCUT2D eigenvalue weighted by Gasteiger charge is -2.12. The minimum atomic E-state index is -0.403. The highest BCUT2D eigenvalue weighted by molar-refractivity contribution is 6.19. The van der Waals surface area contributed by atoms with E-state index in [1.165, 1.54) is 18.2 Å². The number of amides is 1. The second kappa shape index (κ2) is 9.76. The molecule has 0 saturated carbocycles. The average molecular weight is 508 g/mol. The molecule has 37 heavy (non-hydrogen) atoms. The second-order valence-corrected chi connectivity index (χ2v) is 8.91. The lowest BCUT2D eigenvalue weighted by Crippen LogP contribution is -2.11. The van der Waals surface area contributed by atoms with Crippen LogP contribution >= 0.6 is 11.6 Å². The number of hydrogen-bond acceptors (Lipinski definition) is 4. The number of carbonyl (C=O) groups excluding carboxylic acids is 2. The Labute approximate surface area is 218 Å². The fraction of sp³-hybridized carbons (Fsp3) is 0.103. The lowest BCUT2D eigenvalue weighted by molar-refractivity contribution is -0.111. The molecule has 5 rings (SSSR count). The van der Waals surface area contributed by atoms with E-state index in [-0.39, 0.29) is 17.2 Å². The van der Waals surface area contributed by atoms with Crippen LogP contribution in [0.2, 0.25) is 0 Å². The number of nitrogens with one attached hydrogen (secondary N) is 1. The summed E-state index contributed by atoms with van der Waals surface area (Å²) in [7, 11) is 1.92. The SMILES string of the molecule is Cc1ccc2c(cnn2C)c1-c1cccn2c(C(=O)c3ccc(NC(=O)/C=C/CCl)c(C#N)c3)ccc12. The maximum Gasteiger partial charge on any atom is 0.248 e. The summed E-state index contributed by atoms with van der Waals surface area (Å²) in [5.41, 5.74) is 6.44. The molecule has 0 saturated heterocycles. The normalized spacial score (nSPS) is 11.3. The first kappa shape index (κ1) is 24.0. The summed E-state index contributed by atoms with van der Waals surface area (Å²) in [5, 5.41) is 17.7. The maximum atomic E-state index is 13.5. The molecule has 0 radical (unpaired) electrons. The Kier molecular flexibility index (Phi) is 6.34. The van der Waals surface area contributed by atoms with E-state index in [1.807, 2.05) is 46.7 Å². The Hall–Kier alpha value is -4.67. The van der Waals surface area contributed by atoms with Crippen LogP contribution in [0.5, 0.6) is 0 Å². The molecule has 0 fully saturated rings. The van der Waals surface area contributed by atoms with Crippen molar-refractivity contribution in [2.75, 3.05) is 11.2 Å². The molecule has 0 bridgehead atoms. The molecule has 0 aliphatic rings. The van der Waals surface area contributed by atoms with Gasteiger partial charge in [-0.3, -0.25) is 14.3 Å². The number of aryl methyl sites for hydroxylation is 2. The number of nitriles is 1. The van der Waals surface area contributed by atoms with E-state index in [2.05, 4.69) is 35.5 Å². The highest BCUT2D eigenvalue weighted by Gasteiger charge is 2.19. The zero-order valence-electron chi connectivity index (χ0n) is 20.2. The molecular weight excluding hydrogens is 486 g/mol. The van der Waals surface area contributed by atoms with Crippen LogP contribution in [0, 0.1) is 18.3 Å². The molecule has 1 N–H and O–H groups in total. The van der Waals surface area contributed by atoms with E-state index in [4.69, 9.17) is 11.6 Å². The third-order valence-electron chi connectivity index (χ3n) is 6.35. The number of carbonyl (C=O) groups is 2. The minimum absolute atomic E-state index is 0.193. The average Bonchev–Trinajstić information content (AvgIpc) is 3.51. The summed E-state index contributed by atoms with van der Waals surface area (Å²) in [6, 6.07) is 18.5. The van der Waals surface area contributed by atoms with Crippen molar-refractivity contribution in [3.63, 3.8) is 0 Å². The van der Waals surface area contributed by atoms with Crippen molar-refractivity contribution in [1.29, 1.82) is 5.26 Å². The first-order chi connectivity index (χ1) is 17.9. The first-order valence-electron chi connectivity index (χ1n) is 11.6. The number of hydrogen-bond donors (Lipinski definition) is 1. The number of nitrogens with zero attached hydrogens (tertiary/aromatic N) is 4. The van der Waals surface area contributed by atoms with Crippen molar-refractivity contribution >= 4 is 45.4 Å². The van der Waals surface area contributed by atoms with Crippen LogP contribution in [0.3, 0.4) is 0 Å². The monoisotopic (exact) mass is 507 g/mol. The summed E-state index contributed by atoms with van der Waals surface area (Å²) in [5.74, 6) is -0.430. The summed E-state index contributed by atoms with van der Waals surface area (Å²) in [6.45, 7) is 2.06. The van der Waals surface area contributed by atoms with Crippen LogP contribution in [-0.2, 0) is 11.8 Å². The molecular formula is C29H22ClN5O2. The van der Waals surface area contributed by atoms with Gasteiger partial charge in [-0.25, -0.2) is 0 Å². The quantitative estimate of drug-likeness (QED) is 0.183. The highest BCUT2D eigenvalue weighted by atomic mass is 35.5. The standard InChI is InChI=1S/C29H22ClN5O2/c1-18-7-10-24-22(17-32-34(24)2)28(18)21-5-4-14-35-25(21)11-12-26(35)29(37)19-8-9-23(20(15-19)16-31)33-27(36)6-3-13-30/h3-12,14-15,17H,13H2,1-2H3,(H,33,36)/b6-3+. The topological polar surface area (TPSA) is 92.2 Å². The number of pyridine rings is 1. The van der Waals surface area contributed by atoms with Gasteiger partial charge in [0.2, 0.25) is 11.7 Å². The van der Waals surface area contributed by atoms with Gasteiger partial charge in [-0.2, -0.15) is 10.4 Å². The molecule has 3 aromatic heterocycles. The van der Waals surface area contributed by atoms with Crippen LogP contribution in [-0.4, -0.2) is 31.8 Å². The number of fused-ring (bicyclic) bond motifs is 2. The molecule has 2 aromatic carbocycles. The predicted octanol–water partition coefficient (Wildman–Crippen LogP) is 5.64. The van der Waals surface area contributed by atoms with Crippen molar-refractivity contribution in [2.45, 2.75) is 6.92 Å². The molecule has 5 aromatic rings. The maximum absolute atomic E-state index is 13.5. The largest absolute Gasteiger partial charge is 0.321 e. The van der Waals surface area contributed by atoms with E-state index in [9.17, 15) is 14.9 Å². The number of halogens is 1. The van der Waals surface area contributed by atoms with Gasteiger partial charge >= 0.3 is 0 Å². The van der Waals surface area contributed by atoms with Crippen molar-refractivity contribution in [2.24, 2.45) is 7.05 Å². The van der Waals surface area contributed by atoms with Crippen molar-refractivity contribution < 1.29 is 9.59 Å². The van der Waals surface area contributed by atoms with E-state index < -0.39 is 5.91 Å². The third kappa shape index (κ3) is 4.28. The molecule has 3 heterocycles. The molecule has 7 nitrogen and oxygen atoms in total. The van der Waals surface area contributed by atoms with Crippen molar-refractivity contribution in [1.82, 2.24) is 14.2 Å². The number of anilines is 1. The van der Waals surface area contributed by atoms with E-state index in [1.54, 1.807) is 18.2 Å². The van der Waals surface area contributed by atoms with Crippen LogP contribution in [0.4, 0.5) is 5.69 Å². The van der Waals surface area contributed by atoms with E-state index in [0.717, 1.165) is 33.1 Å². The van der Waals surface area contributed by atoms with Crippen LogP contribution in [0.15, 0.2) is 79.1 Å². The molecule has 0 aliphatic carbocycles. The van der Waals surface area contributed by atoms with Crippen molar-refractivity contribution in [3.8, 4) is 17.2 Å². The van der Waals surface area contributed by atoms with Gasteiger partial charge < -0.3 is 9.72 Å². The van der Waals surface area contributed by atoms with Gasteiger partial charge in [0.05, 0.1) is 34.2 Å². The van der Waals surface area contributed by atoms with Gasteiger partial charge in [0, 0.05) is 41.7 Å². The molecule has 0 unspecified atom stereocenters. The number of aromatic nitrogens is 3. The third-order valence-corrected chi connectivity index (χ3v) is 6.53. The summed E-state index contributed by atoms with van der Waals surface area (Å²) < 4.78 is 3.71. The van der Waals surface area contributed by atoms with Crippen LogP contribution < -0.4 is 5.32 Å². The van der Waals surface area contributed by atoms with Gasteiger partial charge in [-0.1, -0.05) is 18.2 Å². The van der Waals surface area contributed by atoms with Gasteiger partial charge in [-0.15, -0.1) is 11.6 Å². The highest BCUT2D eigenvalue weighted by Crippen LogP contribution is 2.35. The number of rotatable bonds is 6. The Morgan fingerprint density at radius 3 is 2.73 bits per heavy atom. The molecule has 0 atom stereocenters. The number of ketones is 1. The number of benzene rings is 2. The van der Waals surface area contributed by atoms with Gasteiger partial charge in [0.25, 0.3) is 0 Å². The number of alkyl halides is 1. The van der Waals surface area contributed by atoms with Crippen molar-refractivity contribution in [3.05, 3.63) is 102 Å². The molecule has 8 heteroatoms. The van der Waals surface area contributed by atoms with E-state index in [0.29, 0.717) is 16.9 Å². The lowest BCUT2D eigenvalue weighted by atomic mass is 9.97. The van der Waals surface area contributed by atoms with Crippen LogP contribution in [0.1, 0.15) is 27.2 Å². The smallest absolute Gasteiger partial charge is 0.248 e. The Bertz CT molecular complexity index is 1770. The van der Waals surface area contributed by atoms with Crippen LogP contribution in [0.25, 0.3) is 27.5 Å². The zero-order chi connectivity index (χ0) is 26.1. The Morgan fingerprint density at radius 2 is 1.95 bits per heavy atom. The Morgan fingerprint density at radius 1 is 1.14 bits per heavy atom. The zero-order valence-corrected chi connectivity index (χ0v) is 21.0. The summed E-state index contributed by atoms with van der Waals surface area (Å²) >= 11 is 5.57. The molecule has 1 amide bonds. The molecule has 0 spiro atoms. The molecule has 182 valence electrons. The summed E-state index contributed by atoms with van der Waals surface area (Å²) in [4.78, 5) is 25.5. The minimum Gasteiger partial charge on any atom is -0.321 e. The first-order valence-corrected chi connectivity index (χ1v) is 12.1. The van der Waals surface area contributed by atoms with Gasteiger partial charge in [0.15, 0.2) is 0 Å². The van der Waals surface area contributed by atoms with Gasteiger partial charge in [-0.05, 0) is 60.5 Å².